The summed E-state index contributed by atoms with van der Waals surface area (Å²) in [6, 6.07) is -0.0475. The third-order valence-electron chi connectivity index (χ3n) is 3.80. The Morgan fingerprint density at radius 3 is 2.45 bits per heavy atom. The van der Waals surface area contributed by atoms with E-state index in [1.807, 2.05) is 0 Å². The zero-order valence-corrected chi connectivity index (χ0v) is 12.4. The van der Waals surface area contributed by atoms with E-state index in [4.69, 9.17) is 5.11 Å². The van der Waals surface area contributed by atoms with Gasteiger partial charge in [-0.1, -0.05) is 13.0 Å². The van der Waals surface area contributed by atoms with E-state index in [1.165, 1.54) is 4.90 Å². The van der Waals surface area contributed by atoms with Crippen LogP contribution in [0.3, 0.4) is 0 Å². The van der Waals surface area contributed by atoms with Gasteiger partial charge in [0.1, 0.15) is 6.54 Å². The molecule has 0 spiro atoms. The molecule has 0 radical (unpaired) electrons. The molecular formula is C14H25N3O3. The van der Waals surface area contributed by atoms with E-state index in [9.17, 15) is 9.59 Å². The topological polar surface area (TPSA) is 64.1 Å². The summed E-state index contributed by atoms with van der Waals surface area (Å²) in [4.78, 5) is 28.5. The first kappa shape index (κ1) is 16.5. The Morgan fingerprint density at radius 2 is 2.00 bits per heavy atom. The van der Waals surface area contributed by atoms with Crippen molar-refractivity contribution in [2.45, 2.75) is 25.8 Å². The molecule has 0 aliphatic carbocycles. The Kier molecular flexibility index (Phi) is 6.51. The highest BCUT2D eigenvalue weighted by Gasteiger charge is 2.28. The van der Waals surface area contributed by atoms with Crippen molar-refractivity contribution >= 4 is 12.0 Å². The van der Waals surface area contributed by atoms with Gasteiger partial charge in [-0.2, -0.15) is 0 Å². The Morgan fingerprint density at radius 1 is 1.40 bits per heavy atom. The van der Waals surface area contributed by atoms with Gasteiger partial charge in [0, 0.05) is 32.7 Å². The van der Waals surface area contributed by atoms with E-state index < -0.39 is 5.97 Å². The highest BCUT2D eigenvalue weighted by molar-refractivity contribution is 5.80. The fraction of sp³-hybridized carbons (Fsp3) is 0.714. The average Bonchev–Trinajstić information content (AvgIpc) is 2.45. The molecule has 1 aliphatic rings. The molecule has 1 fully saturated rings. The number of hydrogen-bond donors (Lipinski definition) is 1. The van der Waals surface area contributed by atoms with E-state index in [-0.39, 0.29) is 25.2 Å². The number of carboxylic acid groups (broad SMARTS) is 1. The van der Waals surface area contributed by atoms with Gasteiger partial charge < -0.3 is 19.8 Å². The van der Waals surface area contributed by atoms with Crippen LogP contribution in [0.5, 0.6) is 0 Å². The van der Waals surface area contributed by atoms with Gasteiger partial charge in [0.25, 0.3) is 0 Å². The molecule has 0 aromatic rings. The van der Waals surface area contributed by atoms with E-state index in [0.29, 0.717) is 0 Å². The first-order valence-electron chi connectivity index (χ1n) is 7.06. The first-order valence-corrected chi connectivity index (χ1v) is 7.06. The van der Waals surface area contributed by atoms with Gasteiger partial charge in [-0.3, -0.25) is 4.79 Å². The Labute approximate surface area is 120 Å². The number of rotatable bonds is 6. The van der Waals surface area contributed by atoms with Gasteiger partial charge in [-0.15, -0.1) is 6.58 Å². The second-order valence-corrected chi connectivity index (χ2v) is 5.12. The quantitative estimate of drug-likeness (QED) is 0.741. The fourth-order valence-corrected chi connectivity index (χ4v) is 2.53. The molecule has 2 amide bonds. The lowest BCUT2D eigenvalue weighted by molar-refractivity contribution is -0.137. The average molecular weight is 283 g/mol. The molecule has 1 saturated heterocycles. The number of carboxylic acids is 1. The zero-order valence-electron chi connectivity index (χ0n) is 12.4. The van der Waals surface area contributed by atoms with Crippen LogP contribution in [0.1, 0.15) is 19.8 Å². The summed E-state index contributed by atoms with van der Waals surface area (Å²) < 4.78 is 0. The van der Waals surface area contributed by atoms with Crippen LogP contribution in [0.2, 0.25) is 0 Å². The summed E-state index contributed by atoms with van der Waals surface area (Å²) in [7, 11) is 1.76. The molecule has 0 unspecified atom stereocenters. The first-order chi connectivity index (χ1) is 9.49. The molecule has 114 valence electrons. The molecule has 1 N–H and O–H groups in total. The van der Waals surface area contributed by atoms with Crippen LogP contribution in [-0.4, -0.2) is 77.6 Å². The minimum absolute atomic E-state index is 0.186. The maximum Gasteiger partial charge on any atom is 0.323 e. The molecule has 20 heavy (non-hydrogen) atoms. The minimum Gasteiger partial charge on any atom is -0.480 e. The van der Waals surface area contributed by atoms with Gasteiger partial charge in [0.15, 0.2) is 0 Å². The van der Waals surface area contributed by atoms with Crippen molar-refractivity contribution in [3.8, 4) is 0 Å². The maximum absolute atomic E-state index is 12.3. The lowest BCUT2D eigenvalue weighted by Crippen LogP contribution is -2.51. The lowest BCUT2D eigenvalue weighted by Gasteiger charge is -2.38. The zero-order chi connectivity index (χ0) is 15.1. The third-order valence-corrected chi connectivity index (χ3v) is 3.80. The van der Waals surface area contributed by atoms with Gasteiger partial charge in [-0.05, 0) is 19.4 Å². The molecule has 0 aromatic heterocycles. The second-order valence-electron chi connectivity index (χ2n) is 5.12. The summed E-state index contributed by atoms with van der Waals surface area (Å²) in [6.07, 6.45) is 3.42. The summed E-state index contributed by atoms with van der Waals surface area (Å²) in [6.45, 7) is 8.67. The summed E-state index contributed by atoms with van der Waals surface area (Å²) in [5.74, 6) is -1.01. The predicted molar refractivity (Wildman–Crippen MR) is 77.7 cm³/mol. The Balaban J connectivity index is 2.59. The van der Waals surface area contributed by atoms with E-state index in [0.717, 1.165) is 32.5 Å². The van der Waals surface area contributed by atoms with Crippen molar-refractivity contribution in [1.82, 2.24) is 14.7 Å². The largest absolute Gasteiger partial charge is 0.480 e. The van der Waals surface area contributed by atoms with Gasteiger partial charge in [-0.25, -0.2) is 4.79 Å². The molecule has 6 heteroatoms. The van der Waals surface area contributed by atoms with Crippen LogP contribution in [0, 0.1) is 0 Å². The maximum atomic E-state index is 12.3. The van der Waals surface area contributed by atoms with Crippen molar-refractivity contribution in [1.29, 1.82) is 0 Å². The smallest absolute Gasteiger partial charge is 0.323 e. The van der Waals surface area contributed by atoms with Crippen molar-refractivity contribution in [3.05, 3.63) is 12.7 Å². The molecule has 0 bridgehead atoms. The number of carbonyl (C=O) groups excluding carboxylic acids is 1. The molecule has 1 aliphatic heterocycles. The van der Waals surface area contributed by atoms with Crippen molar-refractivity contribution in [3.63, 3.8) is 0 Å². The summed E-state index contributed by atoms with van der Waals surface area (Å²) >= 11 is 0. The minimum atomic E-state index is -1.01. The molecule has 0 aromatic carbocycles. The van der Waals surface area contributed by atoms with E-state index in [1.54, 1.807) is 18.0 Å². The van der Waals surface area contributed by atoms with Crippen molar-refractivity contribution in [2.75, 3.05) is 39.8 Å². The molecule has 6 nitrogen and oxygen atoms in total. The molecular weight excluding hydrogens is 258 g/mol. The van der Waals surface area contributed by atoms with E-state index in [2.05, 4.69) is 18.4 Å². The van der Waals surface area contributed by atoms with Crippen LogP contribution in [0.4, 0.5) is 4.79 Å². The lowest BCUT2D eigenvalue weighted by atomic mass is 10.0. The molecule has 0 atom stereocenters. The summed E-state index contributed by atoms with van der Waals surface area (Å²) in [5.41, 5.74) is 0. The number of likely N-dealkylation sites (tertiary alicyclic amines) is 1. The second kappa shape index (κ2) is 7.89. The standard InChI is InChI=1S/C14H25N3O3/c1-4-8-17(11-13(18)19)14(20)15(3)12-6-9-16(5-2)10-7-12/h4,12H,1,5-11H2,2-3H3,(H,18,19). The van der Waals surface area contributed by atoms with Crippen LogP contribution in [-0.2, 0) is 4.79 Å². The molecule has 1 heterocycles. The number of aliphatic carboxylic acids is 1. The number of amides is 2. The van der Waals surface area contributed by atoms with Crippen LogP contribution >= 0.6 is 0 Å². The van der Waals surface area contributed by atoms with Crippen molar-refractivity contribution in [2.24, 2.45) is 0 Å². The Hall–Kier alpha value is -1.56. The number of urea groups is 1. The predicted octanol–water partition coefficient (Wildman–Crippen LogP) is 1.10. The fourth-order valence-electron chi connectivity index (χ4n) is 2.53. The number of carbonyl (C=O) groups is 2. The number of nitrogens with zero attached hydrogens (tertiary/aromatic N) is 3. The highest BCUT2D eigenvalue weighted by atomic mass is 16.4. The highest BCUT2D eigenvalue weighted by Crippen LogP contribution is 2.16. The summed E-state index contributed by atoms with van der Waals surface area (Å²) in [5, 5.41) is 8.86. The Bertz CT molecular complexity index is 352. The monoisotopic (exact) mass is 283 g/mol. The van der Waals surface area contributed by atoms with Gasteiger partial charge in [0.2, 0.25) is 0 Å². The normalized spacial score (nSPS) is 16.7. The van der Waals surface area contributed by atoms with Crippen LogP contribution in [0.15, 0.2) is 12.7 Å². The van der Waals surface area contributed by atoms with Gasteiger partial charge >= 0.3 is 12.0 Å². The third kappa shape index (κ3) is 4.52. The number of piperidine rings is 1. The van der Waals surface area contributed by atoms with Crippen molar-refractivity contribution < 1.29 is 14.7 Å². The molecule has 0 saturated carbocycles. The van der Waals surface area contributed by atoms with Crippen LogP contribution < -0.4 is 0 Å². The van der Waals surface area contributed by atoms with Gasteiger partial charge in [0.05, 0.1) is 0 Å². The molecule has 1 rings (SSSR count). The van der Waals surface area contributed by atoms with E-state index >= 15 is 0 Å². The number of hydrogen-bond acceptors (Lipinski definition) is 3. The SMILES string of the molecule is C=CCN(CC(=O)O)C(=O)N(C)C1CCN(CC)CC1. The van der Waals surface area contributed by atoms with Crippen LogP contribution in [0.25, 0.3) is 0 Å².